The molecule has 0 saturated carbocycles. The van der Waals surface area contributed by atoms with Crippen molar-refractivity contribution in [2.45, 2.75) is 23.5 Å². The molecular weight excluding hydrogens is 284 g/mol. The van der Waals surface area contributed by atoms with E-state index in [-0.39, 0.29) is 11.8 Å². The molecule has 1 aliphatic heterocycles. The molecule has 0 spiro atoms. The van der Waals surface area contributed by atoms with Crippen molar-refractivity contribution in [1.29, 1.82) is 0 Å². The first-order chi connectivity index (χ1) is 9.17. The summed E-state index contributed by atoms with van der Waals surface area (Å²) in [5.74, 6) is 0.724. The van der Waals surface area contributed by atoms with Gasteiger partial charge in [-0.2, -0.15) is 0 Å². The van der Waals surface area contributed by atoms with Gasteiger partial charge in [-0.3, -0.25) is 9.36 Å². The van der Waals surface area contributed by atoms with Gasteiger partial charge in [-0.1, -0.05) is 23.5 Å². The number of thioether (sulfide) groups is 2. The molecule has 2 aromatic heterocycles. The maximum atomic E-state index is 12.6. The fourth-order valence-electron chi connectivity index (χ4n) is 2.20. The van der Waals surface area contributed by atoms with Crippen LogP contribution in [0, 0.1) is 0 Å². The topological polar surface area (TPSA) is 61.9 Å². The lowest BCUT2D eigenvalue weighted by Gasteiger charge is -2.12. The molecule has 0 fully saturated rings. The lowest BCUT2D eigenvalue weighted by atomic mass is 10.5. The number of rotatable bonds is 3. The third-order valence-electron chi connectivity index (χ3n) is 3.05. The molecule has 3 rings (SSSR count). The van der Waals surface area contributed by atoms with E-state index in [1.165, 1.54) is 23.5 Å². The predicted molar refractivity (Wildman–Crippen MR) is 75.9 cm³/mol. The summed E-state index contributed by atoms with van der Waals surface area (Å²) < 4.78 is 9.04. The maximum absolute atomic E-state index is 12.6. The van der Waals surface area contributed by atoms with E-state index < -0.39 is 0 Å². The number of ether oxygens (including phenoxy) is 1. The van der Waals surface area contributed by atoms with E-state index in [1.807, 2.05) is 20.2 Å². The highest BCUT2D eigenvalue weighted by Gasteiger charge is 2.28. The van der Waals surface area contributed by atoms with E-state index in [4.69, 9.17) is 4.74 Å². The van der Waals surface area contributed by atoms with E-state index in [2.05, 4.69) is 9.97 Å². The molecule has 19 heavy (non-hydrogen) atoms. The quantitative estimate of drug-likeness (QED) is 0.632. The van der Waals surface area contributed by atoms with Crippen molar-refractivity contribution in [3.8, 4) is 0 Å². The monoisotopic (exact) mass is 298 g/mol. The summed E-state index contributed by atoms with van der Waals surface area (Å²) >= 11 is 3.04. The summed E-state index contributed by atoms with van der Waals surface area (Å²) in [6.45, 7) is 2.51. The van der Waals surface area contributed by atoms with Crippen LogP contribution in [0.5, 0.6) is 0 Å². The minimum atomic E-state index is -0.220. The van der Waals surface area contributed by atoms with Crippen LogP contribution in [0.1, 0.15) is 13.2 Å². The first-order valence-electron chi connectivity index (χ1n) is 5.94. The van der Waals surface area contributed by atoms with Crippen molar-refractivity contribution in [3.63, 3.8) is 0 Å². The van der Waals surface area contributed by atoms with Gasteiger partial charge in [-0.05, 0) is 13.2 Å². The van der Waals surface area contributed by atoms with E-state index in [1.54, 1.807) is 9.13 Å². The predicted octanol–water partition coefficient (Wildman–Crippen LogP) is 1.49. The Balaban J connectivity index is 2.27. The molecule has 2 aromatic rings. The van der Waals surface area contributed by atoms with Crippen LogP contribution < -0.4 is 5.56 Å². The number of aromatic nitrogens is 4. The number of fused-ring (bicyclic) bond motifs is 2. The van der Waals surface area contributed by atoms with Gasteiger partial charge >= 0.3 is 0 Å². The summed E-state index contributed by atoms with van der Waals surface area (Å²) in [6, 6.07) is 0. The number of hydrogen-bond donors (Lipinski definition) is 0. The first kappa shape index (κ1) is 13.0. The zero-order valence-corrected chi connectivity index (χ0v) is 12.5. The third-order valence-corrected chi connectivity index (χ3v) is 4.78. The molecular formula is C11H14N4O2S2. The smallest absolute Gasteiger partial charge is 0.282 e. The van der Waals surface area contributed by atoms with Crippen LogP contribution >= 0.6 is 23.5 Å². The zero-order valence-electron chi connectivity index (χ0n) is 10.9. The number of imidazole rings is 1. The van der Waals surface area contributed by atoms with Crippen molar-refractivity contribution in [2.24, 2.45) is 7.05 Å². The summed E-state index contributed by atoms with van der Waals surface area (Å²) in [7, 11) is 1.84. The van der Waals surface area contributed by atoms with Gasteiger partial charge in [0.25, 0.3) is 5.56 Å². The second kappa shape index (κ2) is 4.84. The average molecular weight is 298 g/mol. The summed E-state index contributed by atoms with van der Waals surface area (Å²) in [5.41, 5.74) is 0.992. The Morgan fingerprint density at radius 1 is 1.53 bits per heavy atom. The number of hydrogen-bond acceptors (Lipinski definition) is 6. The van der Waals surface area contributed by atoms with Crippen molar-refractivity contribution in [3.05, 3.63) is 10.4 Å². The van der Waals surface area contributed by atoms with Gasteiger partial charge in [0.15, 0.2) is 21.5 Å². The van der Waals surface area contributed by atoms with Crippen LogP contribution in [-0.2, 0) is 11.8 Å². The largest absolute Gasteiger partial charge is 0.357 e. The van der Waals surface area contributed by atoms with Gasteiger partial charge < -0.3 is 9.30 Å². The molecule has 3 heterocycles. The molecule has 0 N–H and O–H groups in total. The first-order valence-corrected chi connectivity index (χ1v) is 8.15. The van der Waals surface area contributed by atoms with Crippen molar-refractivity contribution < 1.29 is 4.74 Å². The van der Waals surface area contributed by atoms with Crippen LogP contribution in [0.2, 0.25) is 0 Å². The number of nitrogens with zero attached hydrogens (tertiary/aromatic N) is 4. The maximum Gasteiger partial charge on any atom is 0.282 e. The molecule has 0 amide bonds. The second-order valence-corrected chi connectivity index (χ2v) is 5.88. The Hall–Kier alpha value is -0.990. The highest BCUT2D eigenvalue weighted by Crippen LogP contribution is 2.32. The van der Waals surface area contributed by atoms with Crippen molar-refractivity contribution in [2.75, 3.05) is 18.6 Å². The van der Waals surface area contributed by atoms with Gasteiger partial charge in [0, 0.05) is 19.4 Å². The Morgan fingerprint density at radius 2 is 2.32 bits per heavy atom. The lowest BCUT2D eigenvalue weighted by Crippen LogP contribution is -2.27. The van der Waals surface area contributed by atoms with E-state index in [0.717, 1.165) is 10.9 Å². The second-order valence-electron chi connectivity index (χ2n) is 4.12. The molecule has 0 bridgehead atoms. The van der Waals surface area contributed by atoms with E-state index in [0.29, 0.717) is 22.9 Å². The Labute approximate surface area is 118 Å². The fraction of sp³-hybridized carbons (Fsp3) is 0.545. The molecule has 1 aliphatic rings. The van der Waals surface area contributed by atoms with Gasteiger partial charge in [0.05, 0.1) is 0 Å². The highest BCUT2D eigenvalue weighted by atomic mass is 32.2. The van der Waals surface area contributed by atoms with Crippen LogP contribution in [0.15, 0.2) is 15.1 Å². The Kier molecular flexibility index (Phi) is 3.32. The SMILES string of the molecule is CCOC1CSc2nc3nc(SC)n(C)c3c(=O)n21. The standard InChI is InChI=1S/C11H14N4O2S2/c1-4-17-6-5-19-11-13-8-7(9(16)15(6)11)14(2)10(12-8)18-3/h6H,4-5H2,1-3H3. The van der Waals surface area contributed by atoms with Crippen LogP contribution in [-0.4, -0.2) is 37.7 Å². The van der Waals surface area contributed by atoms with Gasteiger partial charge in [0.1, 0.15) is 6.23 Å². The zero-order chi connectivity index (χ0) is 13.6. The molecule has 0 saturated heterocycles. The Bertz CT molecular complexity index is 694. The summed E-state index contributed by atoms with van der Waals surface area (Å²) in [4.78, 5) is 21.5. The third kappa shape index (κ3) is 1.89. The molecule has 1 unspecified atom stereocenters. The highest BCUT2D eigenvalue weighted by molar-refractivity contribution is 7.99. The Morgan fingerprint density at radius 3 is 3.00 bits per heavy atom. The molecule has 0 aliphatic carbocycles. The van der Waals surface area contributed by atoms with Crippen molar-refractivity contribution in [1.82, 2.24) is 19.1 Å². The van der Waals surface area contributed by atoms with E-state index >= 15 is 0 Å². The molecule has 8 heteroatoms. The molecule has 0 radical (unpaired) electrons. The average Bonchev–Trinajstić information content (AvgIpc) is 2.93. The molecule has 1 atom stereocenters. The van der Waals surface area contributed by atoms with Crippen LogP contribution in [0.4, 0.5) is 0 Å². The van der Waals surface area contributed by atoms with Gasteiger partial charge in [-0.15, -0.1) is 0 Å². The summed E-state index contributed by atoms with van der Waals surface area (Å²) in [6.07, 6.45) is 1.71. The molecule has 6 nitrogen and oxygen atoms in total. The lowest BCUT2D eigenvalue weighted by molar-refractivity contribution is 0.0241. The minimum Gasteiger partial charge on any atom is -0.357 e. The van der Waals surface area contributed by atoms with Crippen LogP contribution in [0.3, 0.4) is 0 Å². The van der Waals surface area contributed by atoms with Gasteiger partial charge in [-0.25, -0.2) is 9.97 Å². The van der Waals surface area contributed by atoms with Crippen LogP contribution in [0.25, 0.3) is 11.2 Å². The normalized spacial score (nSPS) is 18.2. The summed E-state index contributed by atoms with van der Waals surface area (Å²) in [5, 5.41) is 1.49. The molecule has 0 aromatic carbocycles. The van der Waals surface area contributed by atoms with E-state index in [9.17, 15) is 4.79 Å². The minimum absolute atomic E-state index is 0.0706. The number of aryl methyl sites for hydroxylation is 1. The molecule has 102 valence electrons. The fourth-order valence-corrected chi connectivity index (χ4v) is 3.77. The van der Waals surface area contributed by atoms with Crippen molar-refractivity contribution >= 4 is 34.7 Å². The van der Waals surface area contributed by atoms with Gasteiger partial charge in [0.2, 0.25) is 0 Å².